The minimum atomic E-state index is -3.30. The second-order valence-corrected chi connectivity index (χ2v) is 6.80. The normalized spacial score (nSPS) is 11.3. The summed E-state index contributed by atoms with van der Waals surface area (Å²) in [7, 11) is -3.30. The van der Waals surface area contributed by atoms with Gasteiger partial charge in [0.05, 0.1) is 4.90 Å². The van der Waals surface area contributed by atoms with E-state index in [1.54, 1.807) is 42.2 Å². The van der Waals surface area contributed by atoms with Crippen molar-refractivity contribution in [3.8, 4) is 0 Å². The fourth-order valence-electron chi connectivity index (χ4n) is 1.95. The van der Waals surface area contributed by atoms with Crippen LogP contribution in [0.5, 0.6) is 0 Å². The molecule has 1 heterocycles. The highest BCUT2D eigenvalue weighted by Crippen LogP contribution is 2.20. The lowest BCUT2D eigenvalue weighted by atomic mass is 10.2. The number of nitrogens with zero attached hydrogens (tertiary/aromatic N) is 2. The molecule has 2 rings (SSSR count). The Bertz CT molecular complexity index is 737. The van der Waals surface area contributed by atoms with E-state index < -0.39 is 9.84 Å². The molecule has 1 aromatic carbocycles. The van der Waals surface area contributed by atoms with E-state index in [4.69, 9.17) is 0 Å². The van der Waals surface area contributed by atoms with Gasteiger partial charge < -0.3 is 5.32 Å². The summed E-state index contributed by atoms with van der Waals surface area (Å²) < 4.78 is 25.0. The van der Waals surface area contributed by atoms with E-state index in [0.717, 1.165) is 6.26 Å². The van der Waals surface area contributed by atoms with Crippen LogP contribution in [0.4, 0.5) is 5.69 Å². The first-order valence-corrected chi connectivity index (χ1v) is 8.33. The van der Waals surface area contributed by atoms with Crippen molar-refractivity contribution >= 4 is 21.4 Å². The molecule has 112 valence electrons. The highest BCUT2D eigenvalue weighted by Gasteiger charge is 2.12. The third-order valence-corrected chi connectivity index (χ3v) is 4.24. The van der Waals surface area contributed by atoms with Crippen LogP contribution in [-0.4, -0.2) is 30.4 Å². The minimum Gasteiger partial charge on any atom is -0.326 e. The Hall–Kier alpha value is -2.15. The van der Waals surface area contributed by atoms with Crippen LogP contribution < -0.4 is 5.32 Å². The number of sulfone groups is 1. The summed E-state index contributed by atoms with van der Waals surface area (Å²) in [5.41, 5.74) is 1.14. The summed E-state index contributed by atoms with van der Waals surface area (Å²) in [6.07, 6.45) is 4.85. The van der Waals surface area contributed by atoms with Gasteiger partial charge in [0.2, 0.25) is 5.91 Å². The number of anilines is 1. The van der Waals surface area contributed by atoms with Gasteiger partial charge in [-0.2, -0.15) is 5.10 Å². The molecule has 0 radical (unpaired) electrons. The lowest BCUT2D eigenvalue weighted by molar-refractivity contribution is -0.116. The summed E-state index contributed by atoms with van der Waals surface area (Å²) >= 11 is 0. The first kappa shape index (κ1) is 15.2. The van der Waals surface area contributed by atoms with E-state index in [1.165, 1.54) is 6.07 Å². The zero-order chi connectivity index (χ0) is 15.5. The molecule has 0 spiro atoms. The van der Waals surface area contributed by atoms with E-state index >= 15 is 0 Å². The number of hydrogen-bond acceptors (Lipinski definition) is 4. The Labute approximate surface area is 123 Å². The van der Waals surface area contributed by atoms with E-state index in [1.807, 2.05) is 0 Å². The molecule has 21 heavy (non-hydrogen) atoms. The maximum atomic E-state index is 11.9. The molecule has 0 saturated heterocycles. The number of aromatic nitrogens is 2. The van der Waals surface area contributed by atoms with Crippen LogP contribution in [-0.2, 0) is 21.2 Å². The number of carbonyl (C=O) groups excluding carboxylic acids is 1. The lowest BCUT2D eigenvalue weighted by Crippen LogP contribution is -2.15. The lowest BCUT2D eigenvalue weighted by Gasteiger charge is -2.09. The van der Waals surface area contributed by atoms with E-state index in [2.05, 4.69) is 10.4 Å². The summed E-state index contributed by atoms with van der Waals surface area (Å²) in [4.78, 5) is 12.1. The zero-order valence-electron chi connectivity index (χ0n) is 11.9. The van der Waals surface area contributed by atoms with Gasteiger partial charge >= 0.3 is 0 Å². The van der Waals surface area contributed by atoms with Crippen LogP contribution in [0, 0.1) is 6.92 Å². The van der Waals surface area contributed by atoms with Gasteiger partial charge in [-0.05, 0) is 30.7 Å². The first-order valence-electron chi connectivity index (χ1n) is 6.44. The standard InChI is InChI=1S/C14H17N3O3S/c1-11-4-5-12(10-13(11)21(2,19)20)16-14(18)6-9-17-8-3-7-15-17/h3-5,7-8,10H,6,9H2,1-2H3,(H,16,18). The van der Waals surface area contributed by atoms with Gasteiger partial charge in [0.1, 0.15) is 0 Å². The zero-order valence-corrected chi connectivity index (χ0v) is 12.7. The molecule has 1 aromatic heterocycles. The molecule has 0 aliphatic rings. The number of benzene rings is 1. The molecule has 7 heteroatoms. The van der Waals surface area contributed by atoms with Crippen molar-refractivity contribution in [1.82, 2.24) is 9.78 Å². The number of aryl methyl sites for hydroxylation is 2. The molecule has 2 aromatic rings. The molecular formula is C14H17N3O3S. The van der Waals surface area contributed by atoms with Crippen LogP contribution in [0.1, 0.15) is 12.0 Å². The van der Waals surface area contributed by atoms with Crippen molar-refractivity contribution in [2.75, 3.05) is 11.6 Å². The average Bonchev–Trinajstić information content (AvgIpc) is 2.90. The number of amides is 1. The molecule has 0 aliphatic heterocycles. The van der Waals surface area contributed by atoms with E-state index in [9.17, 15) is 13.2 Å². The Balaban J connectivity index is 2.04. The number of hydrogen-bond donors (Lipinski definition) is 1. The van der Waals surface area contributed by atoms with Gasteiger partial charge in [0.25, 0.3) is 0 Å². The molecule has 0 atom stereocenters. The van der Waals surface area contributed by atoms with Crippen molar-refractivity contribution in [3.05, 3.63) is 42.2 Å². The van der Waals surface area contributed by atoms with Crippen LogP contribution in [0.3, 0.4) is 0 Å². The average molecular weight is 307 g/mol. The van der Waals surface area contributed by atoms with Gasteiger partial charge in [-0.1, -0.05) is 6.07 Å². The summed E-state index contributed by atoms with van der Waals surface area (Å²) in [5.74, 6) is -0.186. The summed E-state index contributed by atoms with van der Waals surface area (Å²) in [6, 6.07) is 6.64. The maximum Gasteiger partial charge on any atom is 0.226 e. The van der Waals surface area contributed by atoms with E-state index in [-0.39, 0.29) is 17.2 Å². The third-order valence-electron chi connectivity index (χ3n) is 3.00. The molecule has 6 nitrogen and oxygen atoms in total. The molecule has 1 N–H and O–H groups in total. The largest absolute Gasteiger partial charge is 0.326 e. The van der Waals surface area contributed by atoms with Crippen LogP contribution in [0.15, 0.2) is 41.6 Å². The van der Waals surface area contributed by atoms with Gasteiger partial charge in [-0.25, -0.2) is 8.42 Å². The van der Waals surface area contributed by atoms with Crippen LogP contribution in [0.2, 0.25) is 0 Å². The van der Waals surface area contributed by atoms with Gasteiger partial charge in [0, 0.05) is 37.3 Å². The SMILES string of the molecule is Cc1ccc(NC(=O)CCn2cccn2)cc1S(C)(=O)=O. The molecule has 0 bridgehead atoms. The number of carbonyl (C=O) groups is 1. The molecule has 0 unspecified atom stereocenters. The van der Waals surface area contributed by atoms with Gasteiger partial charge in [-0.15, -0.1) is 0 Å². The Kier molecular flexibility index (Phi) is 4.42. The van der Waals surface area contributed by atoms with Crippen molar-refractivity contribution in [1.29, 1.82) is 0 Å². The second kappa shape index (κ2) is 6.09. The molecule has 0 aliphatic carbocycles. The summed E-state index contributed by atoms with van der Waals surface area (Å²) in [6.45, 7) is 2.20. The number of rotatable bonds is 5. The van der Waals surface area contributed by atoms with Gasteiger partial charge in [0.15, 0.2) is 9.84 Å². The van der Waals surface area contributed by atoms with Crippen molar-refractivity contribution in [2.24, 2.45) is 0 Å². The highest BCUT2D eigenvalue weighted by atomic mass is 32.2. The predicted molar refractivity (Wildman–Crippen MR) is 79.8 cm³/mol. The fourth-order valence-corrected chi connectivity index (χ4v) is 2.94. The Morgan fingerprint density at radius 3 is 2.76 bits per heavy atom. The number of nitrogens with one attached hydrogen (secondary N) is 1. The quantitative estimate of drug-likeness (QED) is 0.910. The predicted octanol–water partition coefficient (Wildman–Crippen LogP) is 1.62. The van der Waals surface area contributed by atoms with Crippen molar-refractivity contribution < 1.29 is 13.2 Å². The minimum absolute atomic E-state index is 0.186. The molecule has 0 saturated carbocycles. The third kappa shape index (κ3) is 4.16. The summed E-state index contributed by atoms with van der Waals surface area (Å²) in [5, 5.41) is 6.71. The second-order valence-electron chi connectivity index (χ2n) is 4.82. The van der Waals surface area contributed by atoms with Crippen LogP contribution in [0.25, 0.3) is 0 Å². The Morgan fingerprint density at radius 2 is 2.14 bits per heavy atom. The smallest absolute Gasteiger partial charge is 0.226 e. The Morgan fingerprint density at radius 1 is 1.38 bits per heavy atom. The molecule has 0 fully saturated rings. The van der Waals surface area contributed by atoms with E-state index in [0.29, 0.717) is 17.8 Å². The fraction of sp³-hybridized carbons (Fsp3) is 0.286. The van der Waals surface area contributed by atoms with Crippen molar-refractivity contribution in [2.45, 2.75) is 24.8 Å². The van der Waals surface area contributed by atoms with Gasteiger partial charge in [-0.3, -0.25) is 9.48 Å². The maximum absolute atomic E-state index is 11.9. The topological polar surface area (TPSA) is 81.1 Å². The highest BCUT2D eigenvalue weighted by molar-refractivity contribution is 7.90. The first-order chi connectivity index (χ1) is 9.86. The molecule has 1 amide bonds. The monoisotopic (exact) mass is 307 g/mol. The molecular weight excluding hydrogens is 290 g/mol. The van der Waals surface area contributed by atoms with Crippen LogP contribution >= 0.6 is 0 Å². The van der Waals surface area contributed by atoms with Crippen molar-refractivity contribution in [3.63, 3.8) is 0 Å².